The van der Waals surface area contributed by atoms with Crippen molar-refractivity contribution >= 4 is 22.2 Å². The van der Waals surface area contributed by atoms with Gasteiger partial charge in [-0.2, -0.15) is 5.10 Å². The first-order valence-electron chi connectivity index (χ1n) is 10.2. The zero-order valence-corrected chi connectivity index (χ0v) is 16.4. The monoisotopic (exact) mass is 392 g/mol. The van der Waals surface area contributed by atoms with Crippen molar-refractivity contribution < 1.29 is 9.47 Å². The summed E-state index contributed by atoms with van der Waals surface area (Å²) in [6, 6.07) is 31.7. The minimum atomic E-state index is 0.100. The second-order valence-electron chi connectivity index (χ2n) is 7.62. The van der Waals surface area contributed by atoms with Gasteiger partial charge in [0.25, 0.3) is 0 Å². The van der Waals surface area contributed by atoms with Gasteiger partial charge in [0.15, 0.2) is 11.5 Å². The predicted octanol–water partition coefficient (Wildman–Crippen LogP) is 5.92. The summed E-state index contributed by atoms with van der Waals surface area (Å²) in [4.78, 5) is 0. The molecule has 30 heavy (non-hydrogen) atoms. The highest BCUT2D eigenvalue weighted by molar-refractivity contribution is 6.05. The van der Waals surface area contributed by atoms with Crippen LogP contribution in [0.4, 0.5) is 5.69 Å². The molecule has 4 aromatic carbocycles. The molecule has 0 aliphatic carbocycles. The van der Waals surface area contributed by atoms with Crippen LogP contribution < -0.4 is 14.5 Å². The minimum absolute atomic E-state index is 0.100. The SMILES string of the molecule is c1ccc(N2N=C(c3ccc4ccccc4c3)CC2c2ccc3c(c2)OCO3)cc1. The number of ether oxygens (including phenoxy) is 2. The zero-order valence-electron chi connectivity index (χ0n) is 16.4. The van der Waals surface area contributed by atoms with Crippen molar-refractivity contribution in [2.75, 3.05) is 11.8 Å². The maximum absolute atomic E-state index is 5.62. The number of hydrogen-bond acceptors (Lipinski definition) is 4. The Bertz CT molecular complexity index is 1270. The summed E-state index contributed by atoms with van der Waals surface area (Å²) in [7, 11) is 0. The highest BCUT2D eigenvalue weighted by Gasteiger charge is 2.31. The molecule has 0 spiro atoms. The zero-order chi connectivity index (χ0) is 19.9. The summed E-state index contributed by atoms with van der Waals surface area (Å²) in [6.07, 6.45) is 0.826. The number of para-hydroxylation sites is 1. The maximum Gasteiger partial charge on any atom is 0.231 e. The van der Waals surface area contributed by atoms with Gasteiger partial charge < -0.3 is 9.47 Å². The van der Waals surface area contributed by atoms with Crippen LogP contribution in [0.5, 0.6) is 11.5 Å². The van der Waals surface area contributed by atoms with E-state index in [9.17, 15) is 0 Å². The van der Waals surface area contributed by atoms with E-state index < -0.39 is 0 Å². The van der Waals surface area contributed by atoms with E-state index in [1.54, 1.807) is 0 Å². The molecule has 146 valence electrons. The summed E-state index contributed by atoms with van der Waals surface area (Å²) in [6.45, 7) is 0.282. The molecule has 4 aromatic rings. The van der Waals surface area contributed by atoms with E-state index in [-0.39, 0.29) is 12.8 Å². The van der Waals surface area contributed by atoms with E-state index in [0.717, 1.165) is 34.9 Å². The van der Waals surface area contributed by atoms with Crippen LogP contribution in [-0.2, 0) is 0 Å². The lowest BCUT2D eigenvalue weighted by Gasteiger charge is -2.24. The van der Waals surface area contributed by atoms with Gasteiger partial charge in [0.05, 0.1) is 17.4 Å². The second kappa shape index (κ2) is 6.92. The normalized spacial score (nSPS) is 17.4. The van der Waals surface area contributed by atoms with Crippen LogP contribution >= 0.6 is 0 Å². The van der Waals surface area contributed by atoms with E-state index in [1.165, 1.54) is 16.3 Å². The fraction of sp³-hybridized carbons (Fsp3) is 0.115. The van der Waals surface area contributed by atoms with Gasteiger partial charge in [0.2, 0.25) is 6.79 Å². The predicted molar refractivity (Wildman–Crippen MR) is 119 cm³/mol. The molecule has 0 saturated carbocycles. The number of hydrazone groups is 1. The number of hydrogen-bond donors (Lipinski definition) is 0. The molecule has 0 radical (unpaired) electrons. The van der Waals surface area contributed by atoms with Crippen LogP contribution in [0.25, 0.3) is 10.8 Å². The minimum Gasteiger partial charge on any atom is -0.454 e. The molecule has 0 N–H and O–H groups in total. The van der Waals surface area contributed by atoms with Crippen molar-refractivity contribution in [3.8, 4) is 11.5 Å². The lowest BCUT2D eigenvalue weighted by molar-refractivity contribution is 0.174. The fourth-order valence-electron chi connectivity index (χ4n) is 4.25. The first kappa shape index (κ1) is 17.1. The third-order valence-corrected chi connectivity index (χ3v) is 5.80. The van der Waals surface area contributed by atoms with Gasteiger partial charge in [0.1, 0.15) is 0 Å². The lowest BCUT2D eigenvalue weighted by atomic mass is 9.96. The van der Waals surface area contributed by atoms with Crippen molar-refractivity contribution in [3.05, 3.63) is 102 Å². The maximum atomic E-state index is 5.62. The van der Waals surface area contributed by atoms with Crippen LogP contribution in [0.3, 0.4) is 0 Å². The lowest BCUT2D eigenvalue weighted by Crippen LogP contribution is -2.18. The fourth-order valence-corrected chi connectivity index (χ4v) is 4.25. The number of fused-ring (bicyclic) bond motifs is 2. The largest absolute Gasteiger partial charge is 0.454 e. The average Bonchev–Trinajstić information content (AvgIpc) is 3.46. The average molecular weight is 392 g/mol. The van der Waals surface area contributed by atoms with E-state index in [0.29, 0.717) is 0 Å². The Labute approximate surface area is 175 Å². The Morgan fingerprint density at radius 2 is 1.53 bits per heavy atom. The van der Waals surface area contributed by atoms with Crippen LogP contribution in [0.2, 0.25) is 0 Å². The van der Waals surface area contributed by atoms with E-state index >= 15 is 0 Å². The molecule has 1 atom stereocenters. The third-order valence-electron chi connectivity index (χ3n) is 5.80. The third kappa shape index (κ3) is 2.89. The van der Waals surface area contributed by atoms with Crippen molar-refractivity contribution in [3.63, 3.8) is 0 Å². The Hall–Kier alpha value is -3.79. The summed E-state index contributed by atoms with van der Waals surface area (Å²) in [5.74, 6) is 1.61. The van der Waals surface area contributed by atoms with Gasteiger partial charge in [-0.25, -0.2) is 0 Å². The molecule has 0 aromatic heterocycles. The molecule has 4 heteroatoms. The molecule has 1 unspecified atom stereocenters. The Morgan fingerprint density at radius 3 is 2.43 bits per heavy atom. The molecule has 2 aliphatic heterocycles. The number of rotatable bonds is 3. The van der Waals surface area contributed by atoms with E-state index in [4.69, 9.17) is 14.6 Å². The summed E-state index contributed by atoms with van der Waals surface area (Å²) >= 11 is 0. The van der Waals surface area contributed by atoms with E-state index in [1.807, 2.05) is 12.1 Å². The number of nitrogens with zero attached hydrogens (tertiary/aromatic N) is 2. The number of anilines is 1. The van der Waals surface area contributed by atoms with Crippen molar-refractivity contribution in [1.29, 1.82) is 0 Å². The molecular formula is C26H20N2O2. The molecule has 6 rings (SSSR count). The molecule has 0 fully saturated rings. The first-order chi connectivity index (χ1) is 14.8. The van der Waals surface area contributed by atoms with Crippen molar-refractivity contribution in [2.24, 2.45) is 5.10 Å². The van der Waals surface area contributed by atoms with Crippen LogP contribution in [0, 0.1) is 0 Å². The standard InChI is InChI=1S/C26H20N2O2/c1-2-8-22(9-3-1)28-24(21-12-13-25-26(15-21)30-17-29-25)16-23(27-28)20-11-10-18-6-4-5-7-19(18)14-20/h1-15,24H,16-17H2. The smallest absolute Gasteiger partial charge is 0.231 e. The summed E-state index contributed by atoms with van der Waals surface area (Å²) in [5.41, 5.74) is 4.50. The first-order valence-corrected chi connectivity index (χ1v) is 10.2. The molecule has 0 bridgehead atoms. The van der Waals surface area contributed by atoms with Gasteiger partial charge in [0, 0.05) is 6.42 Å². The summed E-state index contributed by atoms with van der Waals surface area (Å²) < 4.78 is 11.1. The van der Waals surface area contributed by atoms with Gasteiger partial charge in [-0.05, 0) is 52.2 Å². The molecule has 4 nitrogen and oxygen atoms in total. The molecule has 0 amide bonds. The van der Waals surface area contributed by atoms with Gasteiger partial charge in [-0.3, -0.25) is 5.01 Å². The second-order valence-corrected chi connectivity index (χ2v) is 7.62. The van der Waals surface area contributed by atoms with Crippen LogP contribution in [-0.4, -0.2) is 12.5 Å². The van der Waals surface area contributed by atoms with Crippen molar-refractivity contribution in [1.82, 2.24) is 0 Å². The van der Waals surface area contributed by atoms with Crippen molar-refractivity contribution in [2.45, 2.75) is 12.5 Å². The van der Waals surface area contributed by atoms with Crippen LogP contribution in [0.15, 0.2) is 96.1 Å². The van der Waals surface area contributed by atoms with E-state index in [2.05, 4.69) is 83.9 Å². The van der Waals surface area contributed by atoms with Gasteiger partial charge >= 0.3 is 0 Å². The molecular weight excluding hydrogens is 372 g/mol. The Kier molecular flexibility index (Phi) is 3.94. The van der Waals surface area contributed by atoms with Gasteiger partial charge in [-0.1, -0.05) is 60.7 Å². The number of benzene rings is 4. The van der Waals surface area contributed by atoms with Gasteiger partial charge in [-0.15, -0.1) is 0 Å². The summed E-state index contributed by atoms with van der Waals surface area (Å²) in [5, 5.41) is 9.67. The highest BCUT2D eigenvalue weighted by atomic mass is 16.7. The quantitative estimate of drug-likeness (QED) is 0.434. The molecule has 2 heterocycles. The Morgan fingerprint density at radius 1 is 0.733 bits per heavy atom. The topological polar surface area (TPSA) is 34.1 Å². The molecule has 2 aliphatic rings. The Balaban J connectivity index is 1.42. The highest BCUT2D eigenvalue weighted by Crippen LogP contribution is 2.41. The molecule has 0 saturated heterocycles. The van der Waals surface area contributed by atoms with Crippen LogP contribution in [0.1, 0.15) is 23.6 Å².